The zero-order chi connectivity index (χ0) is 40.2. The van der Waals surface area contributed by atoms with Crippen molar-refractivity contribution < 1.29 is 38.6 Å². The van der Waals surface area contributed by atoms with E-state index in [9.17, 15) is 29.1 Å². The van der Waals surface area contributed by atoms with Gasteiger partial charge in [0.05, 0.1) is 42.7 Å². The molecule has 1 fully saturated rings. The van der Waals surface area contributed by atoms with E-state index in [0.717, 1.165) is 17.5 Å². The van der Waals surface area contributed by atoms with Gasteiger partial charge in [0.15, 0.2) is 0 Å². The van der Waals surface area contributed by atoms with E-state index in [1.54, 1.807) is 30.8 Å². The summed E-state index contributed by atoms with van der Waals surface area (Å²) in [6, 6.07) is 4.19. The molecule has 1 aromatic carbocycles. The maximum absolute atomic E-state index is 14.2. The van der Waals surface area contributed by atoms with Crippen LogP contribution in [0.3, 0.4) is 0 Å². The third kappa shape index (κ3) is 12.0. The Hall–Kier alpha value is -3.55. The molecule has 0 saturated carbocycles. The first-order valence-electron chi connectivity index (χ1n) is 19.1. The summed E-state index contributed by atoms with van der Waals surface area (Å²) in [4.78, 5) is 70.6. The van der Waals surface area contributed by atoms with Crippen molar-refractivity contribution in [1.29, 1.82) is 0 Å². The van der Waals surface area contributed by atoms with Gasteiger partial charge in [-0.05, 0) is 55.7 Å². The number of ether oxygens (including phenoxy) is 2. The second kappa shape index (κ2) is 21.4. The normalized spacial score (nSPS) is 19.1. The first-order chi connectivity index (χ1) is 24.9. The summed E-state index contributed by atoms with van der Waals surface area (Å²) in [7, 11) is 6.46. The number of likely N-dealkylation sites (tertiary alicyclic amines) is 1. The van der Waals surface area contributed by atoms with Gasteiger partial charge in [0.1, 0.15) is 12.1 Å². The van der Waals surface area contributed by atoms with Crippen LogP contribution in [0.15, 0.2) is 24.3 Å². The van der Waals surface area contributed by atoms with E-state index < -0.39 is 60.2 Å². The first kappa shape index (κ1) is 45.6. The van der Waals surface area contributed by atoms with Crippen molar-refractivity contribution in [1.82, 2.24) is 25.8 Å². The average Bonchev–Trinajstić information content (AvgIpc) is 3.60. The Bertz CT molecular complexity index is 1370. The molecule has 53 heavy (non-hydrogen) atoms. The molecule has 0 bridgehead atoms. The van der Waals surface area contributed by atoms with Gasteiger partial charge in [0.2, 0.25) is 23.6 Å². The highest BCUT2D eigenvalue weighted by atomic mass is 16.5. The van der Waals surface area contributed by atoms with Crippen molar-refractivity contribution in [3.05, 3.63) is 35.4 Å². The molecule has 4 N–H and O–H groups in total. The first-order valence-corrected chi connectivity index (χ1v) is 19.1. The van der Waals surface area contributed by atoms with Gasteiger partial charge in [-0.2, -0.15) is 0 Å². The number of amides is 4. The summed E-state index contributed by atoms with van der Waals surface area (Å²) >= 11 is 0. The molecule has 0 aliphatic carbocycles. The van der Waals surface area contributed by atoms with E-state index in [4.69, 9.17) is 9.47 Å². The van der Waals surface area contributed by atoms with Crippen LogP contribution >= 0.6 is 0 Å². The van der Waals surface area contributed by atoms with Crippen molar-refractivity contribution in [2.75, 3.05) is 34.9 Å². The van der Waals surface area contributed by atoms with Crippen LogP contribution in [-0.2, 0) is 39.9 Å². The molecule has 9 atom stereocenters. The van der Waals surface area contributed by atoms with Crippen LogP contribution < -0.4 is 16.0 Å². The maximum atomic E-state index is 14.2. The summed E-state index contributed by atoms with van der Waals surface area (Å²) < 4.78 is 11.9. The van der Waals surface area contributed by atoms with E-state index in [-0.39, 0.29) is 48.3 Å². The summed E-state index contributed by atoms with van der Waals surface area (Å²) in [6.07, 6.45) is 0.817. The quantitative estimate of drug-likeness (QED) is 0.148. The Balaban J connectivity index is 2.27. The third-order valence-corrected chi connectivity index (χ3v) is 11.0. The van der Waals surface area contributed by atoms with Crippen molar-refractivity contribution in [2.45, 2.75) is 130 Å². The lowest BCUT2D eigenvalue weighted by atomic mass is 9.89. The smallest absolute Gasteiger partial charge is 0.326 e. The Morgan fingerprint density at radius 3 is 2.08 bits per heavy atom. The highest BCUT2D eigenvalue weighted by Crippen LogP contribution is 2.30. The number of likely N-dealkylation sites (N-methyl/N-ethyl adjacent to an activating group) is 2. The summed E-state index contributed by atoms with van der Waals surface area (Å²) in [5.41, 5.74) is 1.77. The van der Waals surface area contributed by atoms with Crippen LogP contribution in [0.5, 0.6) is 0 Å². The van der Waals surface area contributed by atoms with E-state index >= 15 is 0 Å². The van der Waals surface area contributed by atoms with Crippen molar-refractivity contribution in [3.8, 4) is 0 Å². The molecule has 1 saturated heterocycles. The van der Waals surface area contributed by atoms with Gasteiger partial charge in [-0.1, -0.05) is 79.2 Å². The van der Waals surface area contributed by atoms with Crippen LogP contribution in [0.4, 0.5) is 0 Å². The highest BCUT2D eigenvalue weighted by Gasteiger charge is 2.43. The van der Waals surface area contributed by atoms with Gasteiger partial charge in [0, 0.05) is 34.2 Å². The molecule has 2 unspecified atom stereocenters. The predicted octanol–water partition coefficient (Wildman–Crippen LogP) is 3.41. The summed E-state index contributed by atoms with van der Waals surface area (Å²) in [5, 5.41) is 18.7. The fourth-order valence-corrected chi connectivity index (χ4v) is 7.61. The Kier molecular flexibility index (Phi) is 18.4. The van der Waals surface area contributed by atoms with Gasteiger partial charge in [-0.25, -0.2) is 4.79 Å². The lowest BCUT2D eigenvalue weighted by Crippen LogP contribution is -2.59. The number of benzene rings is 1. The van der Waals surface area contributed by atoms with Gasteiger partial charge >= 0.3 is 5.97 Å². The number of nitrogens with one attached hydrogen (secondary N) is 3. The Morgan fingerprint density at radius 2 is 1.57 bits per heavy atom. The average molecular weight is 746 g/mol. The lowest BCUT2D eigenvalue weighted by Gasteiger charge is -2.41. The fourth-order valence-electron chi connectivity index (χ4n) is 7.61. The van der Waals surface area contributed by atoms with Gasteiger partial charge in [-0.15, -0.1) is 0 Å². The molecule has 1 heterocycles. The molecule has 13 nitrogen and oxygen atoms in total. The van der Waals surface area contributed by atoms with E-state index in [2.05, 4.69) is 16.0 Å². The molecule has 1 aliphatic heterocycles. The zero-order valence-electron chi connectivity index (χ0n) is 34.1. The third-order valence-electron chi connectivity index (χ3n) is 11.0. The number of nitrogens with zero attached hydrogens (tertiary/aromatic N) is 2. The number of methoxy groups -OCH3 is 2. The largest absolute Gasteiger partial charge is 0.480 e. The number of carbonyl (C=O) groups is 5. The number of rotatable bonds is 21. The minimum atomic E-state index is -1.13. The molecular weight excluding hydrogens is 678 g/mol. The SMILES string of the molecule is CC[C@H](C)[C@@H](C(CC(=O)N1CCC[C@H]1C(OC)[C@@H](C)C(=O)N[C@@H](Cc1ccccc1C)C(=O)O)OC)N(C)C(=O)[C@@H](NC(=O)[C@@H](NC)C(C)C)C(C)C. The molecule has 0 radical (unpaired) electrons. The predicted molar refractivity (Wildman–Crippen MR) is 205 cm³/mol. The maximum Gasteiger partial charge on any atom is 0.326 e. The number of aliphatic carboxylic acids is 1. The van der Waals surface area contributed by atoms with Crippen LogP contribution in [-0.4, -0.2) is 122 Å². The number of aryl methyl sites for hydroxylation is 1. The molecule has 1 aliphatic rings. The van der Waals surface area contributed by atoms with Crippen LogP contribution in [0.1, 0.15) is 85.3 Å². The van der Waals surface area contributed by atoms with Crippen molar-refractivity contribution in [3.63, 3.8) is 0 Å². The van der Waals surface area contributed by atoms with Crippen LogP contribution in [0, 0.1) is 30.6 Å². The monoisotopic (exact) mass is 745 g/mol. The number of carboxylic acid groups (broad SMARTS) is 1. The number of hydrogen-bond donors (Lipinski definition) is 4. The lowest BCUT2D eigenvalue weighted by molar-refractivity contribution is -0.148. The highest BCUT2D eigenvalue weighted by molar-refractivity contribution is 5.90. The van der Waals surface area contributed by atoms with E-state index in [0.29, 0.717) is 19.4 Å². The van der Waals surface area contributed by atoms with Crippen LogP contribution in [0.25, 0.3) is 0 Å². The second-order valence-electron chi connectivity index (χ2n) is 15.4. The topological polar surface area (TPSA) is 167 Å². The minimum absolute atomic E-state index is 0.0119. The Labute approximate surface area is 317 Å². The number of hydrogen-bond acceptors (Lipinski definition) is 8. The van der Waals surface area contributed by atoms with Crippen molar-refractivity contribution >= 4 is 29.6 Å². The molecule has 13 heteroatoms. The summed E-state index contributed by atoms with van der Waals surface area (Å²) in [6.45, 7) is 15.8. The molecule has 4 amide bonds. The van der Waals surface area contributed by atoms with E-state index in [1.807, 2.05) is 72.7 Å². The van der Waals surface area contributed by atoms with Crippen molar-refractivity contribution in [2.24, 2.45) is 23.7 Å². The number of carbonyl (C=O) groups excluding carboxylic acids is 4. The molecule has 2 rings (SSSR count). The van der Waals surface area contributed by atoms with Gasteiger partial charge in [-0.3, -0.25) is 19.2 Å². The zero-order valence-corrected chi connectivity index (χ0v) is 34.1. The van der Waals surface area contributed by atoms with Gasteiger partial charge < -0.3 is 40.3 Å². The fraction of sp³-hybridized carbons (Fsp3) is 0.725. The molecule has 1 aromatic rings. The molecule has 0 spiro atoms. The Morgan fingerprint density at radius 1 is 0.943 bits per heavy atom. The van der Waals surface area contributed by atoms with Gasteiger partial charge in [0.25, 0.3) is 0 Å². The van der Waals surface area contributed by atoms with Crippen LogP contribution in [0.2, 0.25) is 0 Å². The molecular formula is C40H67N5O8. The van der Waals surface area contributed by atoms with E-state index in [1.165, 1.54) is 14.2 Å². The molecule has 300 valence electrons. The summed E-state index contributed by atoms with van der Waals surface area (Å²) in [5.74, 6) is -3.26. The molecule has 0 aromatic heterocycles. The number of carboxylic acids is 1. The second-order valence-corrected chi connectivity index (χ2v) is 15.4. The minimum Gasteiger partial charge on any atom is -0.480 e. The standard InChI is InChI=1S/C40H67N5O8/c1-13-25(6)35(44(10)39(49)34(24(4)5)43-38(48)33(41-9)23(2)3)31(52-11)22-32(46)45-20-16-19-30(45)36(53-12)27(8)37(47)42-29(40(50)51)21-28-18-15-14-17-26(28)7/h14-15,17-18,23-25,27,29-31,33-36,41H,13,16,19-22H2,1-12H3,(H,42,47)(H,43,48)(H,50,51)/t25-,27+,29-,30-,31?,33-,34-,35-,36?/m0/s1.